The fraction of sp³-hybridized carbons (Fsp3) is 0.438. The summed E-state index contributed by atoms with van der Waals surface area (Å²) in [5.74, 6) is -0.188. The van der Waals surface area contributed by atoms with Crippen molar-refractivity contribution < 1.29 is 4.79 Å². The first-order chi connectivity index (χ1) is 10.1. The second-order valence-corrected chi connectivity index (χ2v) is 5.69. The van der Waals surface area contributed by atoms with Crippen LogP contribution in [0.4, 0.5) is 0 Å². The molecule has 1 amide bonds. The van der Waals surface area contributed by atoms with Gasteiger partial charge in [-0.2, -0.15) is 15.4 Å². The van der Waals surface area contributed by atoms with Gasteiger partial charge in [-0.15, -0.1) is 0 Å². The van der Waals surface area contributed by atoms with Crippen LogP contribution in [0.1, 0.15) is 58.7 Å². The Hall–Kier alpha value is -2.17. The largest absolute Gasteiger partial charge is 0.344 e. The Morgan fingerprint density at radius 2 is 2.00 bits per heavy atom. The van der Waals surface area contributed by atoms with Gasteiger partial charge in [-0.05, 0) is 56.2 Å². The van der Waals surface area contributed by atoms with Gasteiger partial charge in [0, 0.05) is 0 Å². The summed E-state index contributed by atoms with van der Waals surface area (Å²) < 4.78 is 0. The molecule has 0 saturated carbocycles. The highest BCUT2D eigenvalue weighted by molar-refractivity contribution is 5.93. The Kier molecular flexibility index (Phi) is 3.73. The molecule has 2 N–H and O–H groups in total. The van der Waals surface area contributed by atoms with Crippen LogP contribution in [-0.4, -0.2) is 21.3 Å². The predicted molar refractivity (Wildman–Crippen MR) is 80.1 cm³/mol. The first kappa shape index (κ1) is 13.8. The molecule has 0 fully saturated rings. The minimum absolute atomic E-state index is 0.0409. The van der Waals surface area contributed by atoms with Crippen molar-refractivity contribution in [1.82, 2.24) is 20.7 Å². The molecule has 2 aromatic rings. The zero-order chi connectivity index (χ0) is 14.8. The van der Waals surface area contributed by atoms with Crippen LogP contribution in [-0.2, 0) is 12.8 Å². The number of benzene rings is 1. The third kappa shape index (κ3) is 2.82. The maximum atomic E-state index is 12.2. The van der Waals surface area contributed by atoms with Crippen molar-refractivity contribution in [3.8, 4) is 0 Å². The Morgan fingerprint density at radius 3 is 2.71 bits per heavy atom. The van der Waals surface area contributed by atoms with Crippen LogP contribution in [0.3, 0.4) is 0 Å². The summed E-state index contributed by atoms with van der Waals surface area (Å²) in [6, 6.07) is 6.51. The molecule has 0 unspecified atom stereocenters. The van der Waals surface area contributed by atoms with E-state index in [1.54, 1.807) is 6.92 Å². The number of aryl methyl sites for hydroxylation is 3. The summed E-state index contributed by atoms with van der Waals surface area (Å²) in [4.78, 5) is 12.2. The van der Waals surface area contributed by atoms with Crippen molar-refractivity contribution in [2.75, 3.05) is 0 Å². The molecule has 1 aliphatic carbocycles. The predicted octanol–water partition coefficient (Wildman–Crippen LogP) is 2.48. The third-order valence-electron chi connectivity index (χ3n) is 4.16. The summed E-state index contributed by atoms with van der Waals surface area (Å²) in [6.45, 7) is 3.76. The highest BCUT2D eigenvalue weighted by atomic mass is 16.2. The number of nitrogens with zero attached hydrogens (tertiary/aromatic N) is 2. The molecule has 1 aromatic heterocycles. The lowest BCUT2D eigenvalue weighted by atomic mass is 9.89. The number of aromatic nitrogens is 3. The molecule has 3 rings (SSSR count). The number of H-pyrrole nitrogens is 1. The molecule has 21 heavy (non-hydrogen) atoms. The van der Waals surface area contributed by atoms with Gasteiger partial charge in [-0.3, -0.25) is 4.79 Å². The molecule has 1 aliphatic rings. The number of hydrogen-bond donors (Lipinski definition) is 2. The van der Waals surface area contributed by atoms with E-state index in [0.29, 0.717) is 11.4 Å². The molecule has 110 valence electrons. The molecule has 1 atom stereocenters. The van der Waals surface area contributed by atoms with E-state index in [1.165, 1.54) is 30.4 Å². The van der Waals surface area contributed by atoms with Gasteiger partial charge < -0.3 is 5.32 Å². The van der Waals surface area contributed by atoms with Crippen LogP contribution in [0.2, 0.25) is 0 Å². The lowest BCUT2D eigenvalue weighted by molar-refractivity contribution is 0.0934. The van der Waals surface area contributed by atoms with Crippen molar-refractivity contribution in [2.24, 2.45) is 0 Å². The molecule has 0 bridgehead atoms. The summed E-state index contributed by atoms with van der Waals surface area (Å²) in [5, 5.41) is 13.2. The van der Waals surface area contributed by atoms with Crippen LogP contribution in [0.25, 0.3) is 0 Å². The molecule has 1 aromatic carbocycles. The van der Waals surface area contributed by atoms with E-state index in [1.807, 2.05) is 6.92 Å². The number of aromatic amines is 1. The fourth-order valence-corrected chi connectivity index (χ4v) is 2.87. The SMILES string of the molecule is Cc1n[nH]nc1C(=O)N[C@@H](C)c1ccc2c(c1)CCCC2. The van der Waals surface area contributed by atoms with Gasteiger partial charge in [0.25, 0.3) is 5.91 Å². The molecule has 0 spiro atoms. The smallest absolute Gasteiger partial charge is 0.274 e. The first-order valence-electron chi connectivity index (χ1n) is 7.45. The normalized spacial score (nSPS) is 15.3. The van der Waals surface area contributed by atoms with E-state index in [4.69, 9.17) is 0 Å². The van der Waals surface area contributed by atoms with Crippen molar-refractivity contribution in [1.29, 1.82) is 0 Å². The average molecular weight is 284 g/mol. The van der Waals surface area contributed by atoms with Gasteiger partial charge in [0.2, 0.25) is 0 Å². The Labute approximate surface area is 124 Å². The van der Waals surface area contributed by atoms with Crippen LogP contribution in [0, 0.1) is 6.92 Å². The van der Waals surface area contributed by atoms with Gasteiger partial charge in [0.15, 0.2) is 5.69 Å². The standard InChI is InChI=1S/C16H20N4O/c1-10(17-16(21)15-11(2)18-20-19-15)13-8-7-12-5-3-4-6-14(12)9-13/h7-10H,3-6H2,1-2H3,(H,17,21)(H,18,19,20)/t10-/m0/s1. The number of nitrogens with one attached hydrogen (secondary N) is 2. The average Bonchev–Trinajstić information content (AvgIpc) is 2.93. The lowest BCUT2D eigenvalue weighted by Crippen LogP contribution is -2.27. The molecule has 5 heteroatoms. The molecular weight excluding hydrogens is 264 g/mol. The maximum absolute atomic E-state index is 12.2. The van der Waals surface area contributed by atoms with E-state index >= 15 is 0 Å². The minimum Gasteiger partial charge on any atom is -0.344 e. The summed E-state index contributed by atoms with van der Waals surface area (Å²) >= 11 is 0. The van der Waals surface area contributed by atoms with E-state index in [-0.39, 0.29) is 11.9 Å². The molecule has 0 aliphatic heterocycles. The quantitative estimate of drug-likeness (QED) is 0.909. The van der Waals surface area contributed by atoms with E-state index in [9.17, 15) is 4.79 Å². The van der Waals surface area contributed by atoms with E-state index < -0.39 is 0 Å². The molecule has 0 saturated heterocycles. The van der Waals surface area contributed by atoms with Crippen LogP contribution >= 0.6 is 0 Å². The van der Waals surface area contributed by atoms with Gasteiger partial charge in [0.1, 0.15) is 0 Å². The zero-order valence-corrected chi connectivity index (χ0v) is 12.4. The Morgan fingerprint density at radius 1 is 1.24 bits per heavy atom. The third-order valence-corrected chi connectivity index (χ3v) is 4.16. The highest BCUT2D eigenvalue weighted by Crippen LogP contribution is 2.24. The molecule has 0 radical (unpaired) electrons. The number of fused-ring (bicyclic) bond motifs is 1. The number of carbonyl (C=O) groups is 1. The number of hydrogen-bond acceptors (Lipinski definition) is 3. The Bertz CT molecular complexity index is 662. The van der Waals surface area contributed by atoms with E-state index in [0.717, 1.165) is 12.0 Å². The van der Waals surface area contributed by atoms with Crippen molar-refractivity contribution >= 4 is 5.91 Å². The van der Waals surface area contributed by atoms with Gasteiger partial charge in [-0.1, -0.05) is 18.2 Å². The minimum atomic E-state index is -0.188. The van der Waals surface area contributed by atoms with Crippen LogP contribution in [0.5, 0.6) is 0 Å². The van der Waals surface area contributed by atoms with Crippen molar-refractivity contribution in [3.63, 3.8) is 0 Å². The number of rotatable bonds is 3. The van der Waals surface area contributed by atoms with Gasteiger partial charge in [0.05, 0.1) is 11.7 Å². The number of carbonyl (C=O) groups excluding carboxylic acids is 1. The van der Waals surface area contributed by atoms with Gasteiger partial charge in [-0.25, -0.2) is 0 Å². The van der Waals surface area contributed by atoms with E-state index in [2.05, 4.69) is 38.9 Å². The molecule has 5 nitrogen and oxygen atoms in total. The fourth-order valence-electron chi connectivity index (χ4n) is 2.87. The zero-order valence-electron chi connectivity index (χ0n) is 12.4. The highest BCUT2D eigenvalue weighted by Gasteiger charge is 2.17. The topological polar surface area (TPSA) is 70.7 Å². The Balaban J connectivity index is 1.75. The van der Waals surface area contributed by atoms with Crippen LogP contribution < -0.4 is 5.32 Å². The molecular formula is C16H20N4O. The lowest BCUT2D eigenvalue weighted by Gasteiger charge is -2.19. The van der Waals surface area contributed by atoms with Crippen molar-refractivity contribution in [2.45, 2.75) is 45.6 Å². The monoisotopic (exact) mass is 284 g/mol. The van der Waals surface area contributed by atoms with Gasteiger partial charge >= 0.3 is 0 Å². The van der Waals surface area contributed by atoms with Crippen molar-refractivity contribution in [3.05, 3.63) is 46.3 Å². The summed E-state index contributed by atoms with van der Waals surface area (Å²) in [7, 11) is 0. The summed E-state index contributed by atoms with van der Waals surface area (Å²) in [5.41, 5.74) is 5.00. The maximum Gasteiger partial charge on any atom is 0.274 e. The summed E-state index contributed by atoms with van der Waals surface area (Å²) in [6.07, 6.45) is 4.86. The van der Waals surface area contributed by atoms with Crippen LogP contribution in [0.15, 0.2) is 18.2 Å². The number of amides is 1. The second kappa shape index (κ2) is 5.68. The second-order valence-electron chi connectivity index (χ2n) is 5.69. The first-order valence-corrected chi connectivity index (χ1v) is 7.45. The molecule has 1 heterocycles.